The molecule has 1 amide bonds. The van der Waals surface area contributed by atoms with Gasteiger partial charge in [0.05, 0.1) is 18.5 Å². The van der Waals surface area contributed by atoms with E-state index in [0.29, 0.717) is 23.6 Å². The number of para-hydroxylation sites is 1. The summed E-state index contributed by atoms with van der Waals surface area (Å²) in [7, 11) is 1.49. The van der Waals surface area contributed by atoms with Gasteiger partial charge in [-0.3, -0.25) is 9.59 Å². The van der Waals surface area contributed by atoms with Gasteiger partial charge < -0.3 is 14.8 Å². The second kappa shape index (κ2) is 10.4. The molecule has 162 valence electrons. The van der Waals surface area contributed by atoms with Crippen LogP contribution in [0.3, 0.4) is 0 Å². The van der Waals surface area contributed by atoms with Gasteiger partial charge in [-0.15, -0.1) is 0 Å². The molecule has 7 nitrogen and oxygen atoms in total. The maximum Gasteiger partial charge on any atom is 0.257 e. The number of carbonyl (C=O) groups excluding carboxylic acids is 2. The van der Waals surface area contributed by atoms with Crippen LogP contribution in [0.25, 0.3) is 5.69 Å². The highest BCUT2D eigenvalue weighted by atomic mass is 16.5. The molecule has 0 aliphatic rings. The Morgan fingerprint density at radius 1 is 1.10 bits per heavy atom. The van der Waals surface area contributed by atoms with Crippen LogP contribution < -0.4 is 14.8 Å². The number of nitrogens with zero attached hydrogens (tertiary/aromatic N) is 2. The molecule has 0 saturated carbocycles. The average molecular weight is 421 g/mol. The van der Waals surface area contributed by atoms with E-state index in [1.807, 2.05) is 48.1 Å². The number of amides is 1. The lowest BCUT2D eigenvalue weighted by Gasteiger charge is -2.11. The van der Waals surface area contributed by atoms with E-state index in [0.717, 1.165) is 29.8 Å². The van der Waals surface area contributed by atoms with E-state index < -0.39 is 0 Å². The van der Waals surface area contributed by atoms with Gasteiger partial charge in [0.1, 0.15) is 0 Å². The number of aryl methyl sites for hydroxylation is 2. The third-order valence-corrected chi connectivity index (χ3v) is 4.90. The number of nitrogens with one attached hydrogen (secondary N) is 1. The molecule has 3 aromatic rings. The van der Waals surface area contributed by atoms with Crippen LogP contribution in [0.2, 0.25) is 0 Å². The van der Waals surface area contributed by atoms with Crippen molar-refractivity contribution >= 4 is 11.7 Å². The molecule has 0 saturated heterocycles. The van der Waals surface area contributed by atoms with Crippen molar-refractivity contribution in [2.24, 2.45) is 0 Å². The minimum Gasteiger partial charge on any atom is -0.493 e. The molecule has 0 bridgehead atoms. The number of carbonyl (C=O) groups is 2. The standard InChI is InChI=1S/C24H27N3O4/c1-17-20(15-27(26-17)21-9-5-4-6-10-21)8-7-13-25-24(29)16-31-22-12-11-19(18(2)28)14-23(22)30-3/h4-6,9-12,14-15H,7-8,13,16H2,1-3H3,(H,25,29). The van der Waals surface area contributed by atoms with E-state index in [9.17, 15) is 9.59 Å². The van der Waals surface area contributed by atoms with Crippen molar-refractivity contribution in [2.45, 2.75) is 26.7 Å². The summed E-state index contributed by atoms with van der Waals surface area (Å²) in [6, 6.07) is 14.9. The Morgan fingerprint density at radius 3 is 2.58 bits per heavy atom. The number of Topliss-reactive ketones (excluding diaryl/α,β-unsaturated/α-hetero) is 1. The number of aromatic nitrogens is 2. The zero-order chi connectivity index (χ0) is 22.2. The van der Waals surface area contributed by atoms with Gasteiger partial charge in [-0.2, -0.15) is 5.10 Å². The summed E-state index contributed by atoms with van der Waals surface area (Å²) in [6.07, 6.45) is 3.65. The van der Waals surface area contributed by atoms with Crippen molar-refractivity contribution in [2.75, 3.05) is 20.3 Å². The fourth-order valence-corrected chi connectivity index (χ4v) is 3.16. The quantitative estimate of drug-likeness (QED) is 0.400. The minimum atomic E-state index is -0.214. The van der Waals surface area contributed by atoms with Crippen molar-refractivity contribution in [1.29, 1.82) is 0 Å². The van der Waals surface area contributed by atoms with Crippen LogP contribution in [-0.2, 0) is 11.2 Å². The molecule has 1 heterocycles. The van der Waals surface area contributed by atoms with Crippen LogP contribution in [0.15, 0.2) is 54.7 Å². The second-order valence-corrected chi connectivity index (χ2v) is 7.18. The molecule has 0 atom stereocenters. The van der Waals surface area contributed by atoms with Gasteiger partial charge in [-0.05, 0) is 62.6 Å². The molecule has 7 heteroatoms. The Bertz CT molecular complexity index is 1040. The normalized spacial score (nSPS) is 10.5. The van der Waals surface area contributed by atoms with Crippen LogP contribution in [0.5, 0.6) is 11.5 Å². The molecule has 1 N–H and O–H groups in total. The zero-order valence-corrected chi connectivity index (χ0v) is 18.1. The van der Waals surface area contributed by atoms with Gasteiger partial charge in [0.15, 0.2) is 23.9 Å². The third kappa shape index (κ3) is 5.94. The molecule has 2 aromatic carbocycles. The molecule has 31 heavy (non-hydrogen) atoms. The first-order chi connectivity index (χ1) is 15.0. The van der Waals surface area contributed by atoms with Gasteiger partial charge >= 0.3 is 0 Å². The first-order valence-electron chi connectivity index (χ1n) is 10.2. The summed E-state index contributed by atoms with van der Waals surface area (Å²) >= 11 is 0. The van der Waals surface area contributed by atoms with Crippen molar-refractivity contribution in [3.8, 4) is 17.2 Å². The molecule has 0 aliphatic heterocycles. The summed E-state index contributed by atoms with van der Waals surface area (Å²) in [5.41, 5.74) is 3.69. The Labute approximate surface area is 182 Å². The van der Waals surface area contributed by atoms with Crippen LogP contribution in [-0.4, -0.2) is 41.7 Å². The number of methoxy groups -OCH3 is 1. The third-order valence-electron chi connectivity index (χ3n) is 4.90. The van der Waals surface area contributed by atoms with E-state index in [2.05, 4.69) is 10.4 Å². The van der Waals surface area contributed by atoms with E-state index in [1.54, 1.807) is 18.2 Å². The van der Waals surface area contributed by atoms with E-state index in [1.165, 1.54) is 14.0 Å². The predicted molar refractivity (Wildman–Crippen MR) is 118 cm³/mol. The number of rotatable bonds is 10. The molecule has 3 rings (SSSR count). The number of hydrogen-bond acceptors (Lipinski definition) is 5. The number of ether oxygens (including phenoxy) is 2. The fraction of sp³-hybridized carbons (Fsp3) is 0.292. The van der Waals surface area contributed by atoms with Gasteiger partial charge in [0.2, 0.25) is 0 Å². The van der Waals surface area contributed by atoms with Crippen LogP contribution in [0, 0.1) is 6.92 Å². The molecule has 0 unspecified atom stereocenters. The number of hydrogen-bond donors (Lipinski definition) is 1. The Balaban J connectivity index is 1.44. The molecule has 0 fully saturated rings. The van der Waals surface area contributed by atoms with Crippen LogP contribution in [0.4, 0.5) is 0 Å². The lowest BCUT2D eigenvalue weighted by molar-refractivity contribution is -0.123. The first-order valence-corrected chi connectivity index (χ1v) is 10.2. The predicted octanol–water partition coefficient (Wildman–Crippen LogP) is 3.52. The minimum absolute atomic E-state index is 0.0628. The van der Waals surface area contributed by atoms with E-state index in [4.69, 9.17) is 9.47 Å². The highest BCUT2D eigenvalue weighted by molar-refractivity contribution is 5.94. The topological polar surface area (TPSA) is 82.5 Å². The SMILES string of the molecule is COc1cc(C(C)=O)ccc1OCC(=O)NCCCc1cn(-c2ccccc2)nc1C. The number of ketones is 1. The Hall–Kier alpha value is -3.61. The average Bonchev–Trinajstić information content (AvgIpc) is 3.16. The lowest BCUT2D eigenvalue weighted by Crippen LogP contribution is -2.30. The highest BCUT2D eigenvalue weighted by Gasteiger charge is 2.11. The molecular formula is C24H27N3O4. The second-order valence-electron chi connectivity index (χ2n) is 7.18. The summed E-state index contributed by atoms with van der Waals surface area (Å²) in [5.74, 6) is 0.569. The molecule has 1 aromatic heterocycles. The Kier molecular flexibility index (Phi) is 7.43. The van der Waals surface area contributed by atoms with E-state index in [-0.39, 0.29) is 18.3 Å². The largest absolute Gasteiger partial charge is 0.493 e. The first kappa shape index (κ1) is 22.1. The van der Waals surface area contributed by atoms with Crippen molar-refractivity contribution in [3.05, 3.63) is 71.5 Å². The zero-order valence-electron chi connectivity index (χ0n) is 18.1. The van der Waals surface area contributed by atoms with Gasteiger partial charge in [-0.1, -0.05) is 18.2 Å². The van der Waals surface area contributed by atoms with Crippen molar-refractivity contribution < 1.29 is 19.1 Å². The maximum absolute atomic E-state index is 12.1. The van der Waals surface area contributed by atoms with Gasteiger partial charge in [0.25, 0.3) is 5.91 Å². The number of benzene rings is 2. The molecule has 0 spiro atoms. The maximum atomic E-state index is 12.1. The van der Waals surface area contributed by atoms with Crippen LogP contribution >= 0.6 is 0 Å². The van der Waals surface area contributed by atoms with E-state index >= 15 is 0 Å². The summed E-state index contributed by atoms with van der Waals surface area (Å²) in [5, 5.41) is 7.43. The van der Waals surface area contributed by atoms with Gasteiger partial charge in [-0.25, -0.2) is 4.68 Å². The lowest BCUT2D eigenvalue weighted by atomic mass is 10.1. The molecule has 0 aliphatic carbocycles. The smallest absolute Gasteiger partial charge is 0.257 e. The Morgan fingerprint density at radius 2 is 1.87 bits per heavy atom. The van der Waals surface area contributed by atoms with Crippen molar-refractivity contribution in [3.63, 3.8) is 0 Å². The summed E-state index contributed by atoms with van der Waals surface area (Å²) in [6.45, 7) is 3.89. The van der Waals surface area contributed by atoms with Crippen LogP contribution in [0.1, 0.15) is 35.0 Å². The molecule has 0 radical (unpaired) electrons. The fourth-order valence-electron chi connectivity index (χ4n) is 3.16. The summed E-state index contributed by atoms with van der Waals surface area (Å²) < 4.78 is 12.7. The molecular weight excluding hydrogens is 394 g/mol. The van der Waals surface area contributed by atoms with Crippen molar-refractivity contribution in [1.82, 2.24) is 15.1 Å². The van der Waals surface area contributed by atoms with Gasteiger partial charge in [0, 0.05) is 18.3 Å². The highest BCUT2D eigenvalue weighted by Crippen LogP contribution is 2.28. The summed E-state index contributed by atoms with van der Waals surface area (Å²) in [4.78, 5) is 23.6. The monoisotopic (exact) mass is 421 g/mol.